The molecule has 0 aliphatic rings. The summed E-state index contributed by atoms with van der Waals surface area (Å²) in [6.45, 7) is 6.67. The molecular formula is C11H24N2O2. The average Bonchev–Trinajstić information content (AvgIpc) is 2.13. The summed E-state index contributed by atoms with van der Waals surface area (Å²) in [5.41, 5.74) is -0.349. The van der Waals surface area contributed by atoms with Gasteiger partial charge in [-0.15, -0.1) is 0 Å². The molecule has 0 aromatic heterocycles. The summed E-state index contributed by atoms with van der Waals surface area (Å²) in [4.78, 5) is 13.5. The van der Waals surface area contributed by atoms with Crippen molar-refractivity contribution in [3.05, 3.63) is 0 Å². The molecule has 0 rings (SSSR count). The predicted molar refractivity (Wildman–Crippen MR) is 61.6 cm³/mol. The standard InChI is InChI=1S/C11H24N2O2/c1-6-11(2,3)10(15)12-7-9(14)8-13(4)5/h9,14H,6-8H2,1-5H3,(H,12,15). The van der Waals surface area contributed by atoms with Crippen LogP contribution in [0.5, 0.6) is 0 Å². The van der Waals surface area contributed by atoms with Gasteiger partial charge < -0.3 is 15.3 Å². The monoisotopic (exact) mass is 216 g/mol. The van der Waals surface area contributed by atoms with E-state index in [1.165, 1.54) is 0 Å². The van der Waals surface area contributed by atoms with Crippen LogP contribution in [0.3, 0.4) is 0 Å². The number of nitrogens with zero attached hydrogens (tertiary/aromatic N) is 1. The van der Waals surface area contributed by atoms with Gasteiger partial charge in [-0.3, -0.25) is 4.79 Å². The summed E-state index contributed by atoms with van der Waals surface area (Å²) in [5.74, 6) is 0.00260. The molecule has 0 spiro atoms. The smallest absolute Gasteiger partial charge is 0.225 e. The van der Waals surface area contributed by atoms with E-state index in [9.17, 15) is 9.90 Å². The highest BCUT2D eigenvalue weighted by atomic mass is 16.3. The van der Waals surface area contributed by atoms with Crippen molar-refractivity contribution in [2.45, 2.75) is 33.3 Å². The summed E-state index contributed by atoms with van der Waals surface area (Å²) in [6, 6.07) is 0. The van der Waals surface area contributed by atoms with Gasteiger partial charge in [0.1, 0.15) is 0 Å². The SMILES string of the molecule is CCC(C)(C)C(=O)NCC(O)CN(C)C. The Morgan fingerprint density at radius 1 is 1.47 bits per heavy atom. The van der Waals surface area contributed by atoms with Crippen LogP contribution in [0.15, 0.2) is 0 Å². The van der Waals surface area contributed by atoms with E-state index in [1.54, 1.807) is 0 Å². The lowest BCUT2D eigenvalue weighted by atomic mass is 9.89. The number of rotatable bonds is 6. The second kappa shape index (κ2) is 6.08. The van der Waals surface area contributed by atoms with E-state index in [4.69, 9.17) is 0 Å². The number of carbonyl (C=O) groups excluding carboxylic acids is 1. The highest BCUT2D eigenvalue weighted by Crippen LogP contribution is 2.19. The first-order valence-electron chi connectivity index (χ1n) is 5.40. The van der Waals surface area contributed by atoms with Crippen LogP contribution < -0.4 is 5.32 Å². The molecule has 15 heavy (non-hydrogen) atoms. The molecular weight excluding hydrogens is 192 g/mol. The van der Waals surface area contributed by atoms with Crippen LogP contribution in [0.25, 0.3) is 0 Å². The molecule has 4 heteroatoms. The molecule has 0 saturated carbocycles. The molecule has 1 atom stereocenters. The van der Waals surface area contributed by atoms with Crippen LogP contribution in [-0.2, 0) is 4.79 Å². The minimum Gasteiger partial charge on any atom is -0.390 e. The molecule has 0 fully saturated rings. The largest absolute Gasteiger partial charge is 0.390 e. The van der Waals surface area contributed by atoms with Crippen molar-refractivity contribution in [2.24, 2.45) is 5.41 Å². The average molecular weight is 216 g/mol. The zero-order valence-corrected chi connectivity index (χ0v) is 10.5. The van der Waals surface area contributed by atoms with Crippen LogP contribution in [0.2, 0.25) is 0 Å². The van der Waals surface area contributed by atoms with E-state index in [0.29, 0.717) is 13.1 Å². The van der Waals surface area contributed by atoms with Crippen LogP contribution in [0, 0.1) is 5.41 Å². The summed E-state index contributed by atoms with van der Waals surface area (Å²) in [5, 5.41) is 12.3. The van der Waals surface area contributed by atoms with Crippen molar-refractivity contribution >= 4 is 5.91 Å². The van der Waals surface area contributed by atoms with Crippen molar-refractivity contribution < 1.29 is 9.90 Å². The number of aliphatic hydroxyl groups is 1. The Bertz CT molecular complexity index is 203. The van der Waals surface area contributed by atoms with Crippen molar-refractivity contribution in [1.29, 1.82) is 0 Å². The lowest BCUT2D eigenvalue weighted by Gasteiger charge is -2.23. The van der Waals surface area contributed by atoms with Gasteiger partial charge in [-0.25, -0.2) is 0 Å². The van der Waals surface area contributed by atoms with Crippen LogP contribution >= 0.6 is 0 Å². The number of aliphatic hydroxyl groups excluding tert-OH is 1. The summed E-state index contributed by atoms with van der Waals surface area (Å²) >= 11 is 0. The fourth-order valence-electron chi connectivity index (χ4n) is 1.10. The van der Waals surface area contributed by atoms with Gasteiger partial charge in [0.2, 0.25) is 5.91 Å². The minimum absolute atomic E-state index is 0.00260. The van der Waals surface area contributed by atoms with Gasteiger partial charge in [0.05, 0.1) is 6.10 Å². The summed E-state index contributed by atoms with van der Waals surface area (Å²) in [6.07, 6.45) is 0.291. The van der Waals surface area contributed by atoms with Gasteiger partial charge in [-0.2, -0.15) is 0 Å². The molecule has 1 unspecified atom stereocenters. The van der Waals surface area contributed by atoms with Gasteiger partial charge in [-0.05, 0) is 20.5 Å². The lowest BCUT2D eigenvalue weighted by molar-refractivity contribution is -0.130. The number of hydrogen-bond acceptors (Lipinski definition) is 3. The fraction of sp³-hybridized carbons (Fsp3) is 0.909. The topological polar surface area (TPSA) is 52.6 Å². The predicted octanol–water partition coefficient (Wildman–Crippen LogP) is 0.461. The molecule has 0 aliphatic heterocycles. The second-order valence-electron chi connectivity index (χ2n) is 4.86. The van der Waals surface area contributed by atoms with E-state index in [-0.39, 0.29) is 11.3 Å². The van der Waals surface area contributed by atoms with Crippen LogP contribution in [-0.4, -0.2) is 49.2 Å². The molecule has 90 valence electrons. The van der Waals surface area contributed by atoms with E-state index < -0.39 is 6.10 Å². The van der Waals surface area contributed by atoms with E-state index >= 15 is 0 Å². The number of carbonyl (C=O) groups is 1. The first kappa shape index (κ1) is 14.4. The molecule has 0 aliphatic carbocycles. The Balaban J connectivity index is 3.90. The lowest BCUT2D eigenvalue weighted by Crippen LogP contribution is -2.42. The Kier molecular flexibility index (Phi) is 5.83. The molecule has 1 amide bonds. The Morgan fingerprint density at radius 2 is 2.00 bits per heavy atom. The zero-order chi connectivity index (χ0) is 12.1. The number of hydrogen-bond donors (Lipinski definition) is 2. The normalized spacial score (nSPS) is 14.1. The molecule has 0 aromatic rings. The second-order valence-corrected chi connectivity index (χ2v) is 4.86. The highest BCUT2D eigenvalue weighted by Gasteiger charge is 2.25. The quantitative estimate of drug-likeness (QED) is 0.678. The highest BCUT2D eigenvalue weighted by molar-refractivity contribution is 5.81. The Labute approximate surface area is 92.7 Å². The third-order valence-corrected chi connectivity index (χ3v) is 2.57. The Hall–Kier alpha value is -0.610. The fourth-order valence-corrected chi connectivity index (χ4v) is 1.10. The molecule has 0 radical (unpaired) electrons. The number of nitrogens with one attached hydrogen (secondary N) is 1. The molecule has 0 bridgehead atoms. The maximum absolute atomic E-state index is 11.7. The van der Waals surface area contributed by atoms with Gasteiger partial charge in [0, 0.05) is 18.5 Å². The van der Waals surface area contributed by atoms with Gasteiger partial charge >= 0.3 is 0 Å². The third kappa shape index (κ3) is 5.74. The van der Waals surface area contributed by atoms with E-state index in [2.05, 4.69) is 5.32 Å². The Morgan fingerprint density at radius 3 is 2.40 bits per heavy atom. The van der Waals surface area contributed by atoms with E-state index in [0.717, 1.165) is 6.42 Å². The van der Waals surface area contributed by atoms with Gasteiger partial charge in [0.25, 0.3) is 0 Å². The first-order chi connectivity index (χ1) is 6.79. The molecule has 0 aromatic carbocycles. The maximum atomic E-state index is 11.7. The van der Waals surface area contributed by atoms with Crippen molar-refractivity contribution in [3.8, 4) is 0 Å². The van der Waals surface area contributed by atoms with Gasteiger partial charge in [-0.1, -0.05) is 20.8 Å². The van der Waals surface area contributed by atoms with Gasteiger partial charge in [0.15, 0.2) is 0 Å². The van der Waals surface area contributed by atoms with Crippen molar-refractivity contribution in [3.63, 3.8) is 0 Å². The summed E-state index contributed by atoms with van der Waals surface area (Å²) in [7, 11) is 3.78. The molecule has 2 N–H and O–H groups in total. The van der Waals surface area contributed by atoms with Crippen LogP contribution in [0.1, 0.15) is 27.2 Å². The zero-order valence-electron chi connectivity index (χ0n) is 10.5. The number of likely N-dealkylation sites (N-methyl/N-ethyl adjacent to an activating group) is 1. The molecule has 4 nitrogen and oxygen atoms in total. The van der Waals surface area contributed by atoms with Crippen LogP contribution in [0.4, 0.5) is 0 Å². The maximum Gasteiger partial charge on any atom is 0.225 e. The van der Waals surface area contributed by atoms with E-state index in [1.807, 2.05) is 39.8 Å². The number of amides is 1. The molecule has 0 saturated heterocycles. The molecule has 0 heterocycles. The first-order valence-corrected chi connectivity index (χ1v) is 5.40. The minimum atomic E-state index is -0.503. The van der Waals surface area contributed by atoms with Crippen molar-refractivity contribution in [1.82, 2.24) is 10.2 Å². The third-order valence-electron chi connectivity index (χ3n) is 2.57. The summed E-state index contributed by atoms with van der Waals surface area (Å²) < 4.78 is 0. The van der Waals surface area contributed by atoms with Crippen molar-refractivity contribution in [2.75, 3.05) is 27.2 Å².